The topological polar surface area (TPSA) is 134 Å². The Bertz CT molecular complexity index is 2210. The number of benzene rings is 5. The smallest absolute Gasteiger partial charge is 0.329 e. The number of nitrogens with zero attached hydrogens (tertiary/aromatic N) is 2. The van der Waals surface area contributed by atoms with E-state index < -0.39 is 29.6 Å². The molecule has 4 atom stereocenters. The zero-order valence-corrected chi connectivity index (χ0v) is 32.1. The van der Waals surface area contributed by atoms with Crippen LogP contribution in [0.3, 0.4) is 0 Å². The number of hydrogen-bond acceptors (Lipinski definition) is 6. The van der Waals surface area contributed by atoms with Crippen LogP contribution in [0.2, 0.25) is 5.02 Å². The largest absolute Gasteiger partial charge is 0.497 e. The van der Waals surface area contributed by atoms with Crippen LogP contribution < -0.4 is 9.47 Å². The van der Waals surface area contributed by atoms with Gasteiger partial charge in [0, 0.05) is 16.1 Å². The first-order valence-electron chi connectivity index (χ1n) is 18.3. The summed E-state index contributed by atoms with van der Waals surface area (Å²) >= 11 is 6.34. The van der Waals surface area contributed by atoms with Crippen molar-refractivity contribution in [3.8, 4) is 22.6 Å². The maximum Gasteiger partial charge on any atom is 0.329 e. The summed E-state index contributed by atoms with van der Waals surface area (Å²) in [7, 11) is 3.06. The highest BCUT2D eigenvalue weighted by molar-refractivity contribution is 6.31. The zero-order chi connectivity index (χ0) is 40.0. The Labute approximate surface area is 330 Å². The highest BCUT2D eigenvalue weighted by Crippen LogP contribution is 2.46. The molecular weight excluding hydrogens is 732 g/mol. The molecule has 11 heteroatoms. The van der Waals surface area contributed by atoms with E-state index in [9.17, 15) is 29.4 Å². The van der Waals surface area contributed by atoms with Gasteiger partial charge in [-0.1, -0.05) is 96.5 Å². The minimum atomic E-state index is -1.30. The van der Waals surface area contributed by atoms with Crippen LogP contribution in [0.25, 0.3) is 11.1 Å². The molecule has 10 nitrogen and oxygen atoms in total. The van der Waals surface area contributed by atoms with Gasteiger partial charge >= 0.3 is 11.9 Å². The predicted molar refractivity (Wildman–Crippen MR) is 213 cm³/mol. The molecule has 0 radical (unpaired) electrons. The van der Waals surface area contributed by atoms with Crippen molar-refractivity contribution < 1.29 is 38.9 Å². The molecule has 2 aliphatic rings. The van der Waals surface area contributed by atoms with E-state index in [1.807, 2.05) is 72.8 Å². The third-order valence-electron chi connectivity index (χ3n) is 10.6. The van der Waals surface area contributed by atoms with Crippen LogP contribution in [-0.4, -0.2) is 69.6 Å². The van der Waals surface area contributed by atoms with Gasteiger partial charge in [0.25, 0.3) is 11.8 Å². The molecule has 0 spiro atoms. The summed E-state index contributed by atoms with van der Waals surface area (Å²) in [5.74, 6) is -1.54. The van der Waals surface area contributed by atoms with Crippen LogP contribution in [0.5, 0.6) is 11.5 Å². The van der Waals surface area contributed by atoms with Crippen LogP contribution in [0, 0.1) is 0 Å². The lowest BCUT2D eigenvalue weighted by Crippen LogP contribution is -2.51. The van der Waals surface area contributed by atoms with E-state index in [0.29, 0.717) is 53.3 Å². The molecule has 0 aromatic heterocycles. The minimum Gasteiger partial charge on any atom is -0.497 e. The second-order valence-electron chi connectivity index (χ2n) is 13.9. The van der Waals surface area contributed by atoms with Gasteiger partial charge in [0.15, 0.2) is 0 Å². The number of rotatable bonds is 9. The SMILES string of the molecule is COc1cccc(C(=O)N2C(c3ccc(-c4ccccc4)cc3)CC[C@H]2C(=O)O)c1.COc1cccc(C(=O)N2[C@@H](c3ccccc3Cl)CC[C@@]2(C)C(=O)O)c1. The molecule has 7 rings (SSSR count). The highest BCUT2D eigenvalue weighted by Gasteiger charge is 2.52. The van der Waals surface area contributed by atoms with Gasteiger partial charge in [-0.3, -0.25) is 9.59 Å². The molecule has 1 unspecified atom stereocenters. The zero-order valence-electron chi connectivity index (χ0n) is 31.3. The van der Waals surface area contributed by atoms with Gasteiger partial charge < -0.3 is 29.5 Å². The molecule has 2 aliphatic heterocycles. The predicted octanol–water partition coefficient (Wildman–Crippen LogP) is 8.96. The third-order valence-corrected chi connectivity index (χ3v) is 11.0. The summed E-state index contributed by atoms with van der Waals surface area (Å²) in [5, 5.41) is 20.1. The maximum absolute atomic E-state index is 13.3. The van der Waals surface area contributed by atoms with Gasteiger partial charge in [0.2, 0.25) is 0 Å². The van der Waals surface area contributed by atoms with Gasteiger partial charge in [0.05, 0.1) is 26.3 Å². The average molecular weight is 775 g/mol. The summed E-state index contributed by atoms with van der Waals surface area (Å²) in [6.07, 6.45) is 1.92. The number of carbonyl (C=O) groups is 4. The van der Waals surface area contributed by atoms with E-state index in [1.54, 1.807) is 61.5 Å². The number of ether oxygens (including phenoxy) is 2. The van der Waals surface area contributed by atoms with Crippen LogP contribution >= 0.6 is 11.6 Å². The van der Waals surface area contributed by atoms with Crippen molar-refractivity contribution in [2.45, 2.75) is 56.3 Å². The fraction of sp³-hybridized carbons (Fsp3) is 0.244. The van der Waals surface area contributed by atoms with Crippen molar-refractivity contribution in [3.63, 3.8) is 0 Å². The first kappa shape index (κ1) is 39.6. The average Bonchev–Trinajstić information content (AvgIpc) is 3.84. The molecule has 288 valence electrons. The lowest BCUT2D eigenvalue weighted by atomic mass is 9.98. The van der Waals surface area contributed by atoms with Crippen LogP contribution in [0.1, 0.15) is 76.5 Å². The highest BCUT2D eigenvalue weighted by atomic mass is 35.5. The lowest BCUT2D eigenvalue weighted by Gasteiger charge is -2.36. The normalized spacial score (nSPS) is 20.1. The van der Waals surface area contributed by atoms with E-state index in [4.69, 9.17) is 21.1 Å². The van der Waals surface area contributed by atoms with Crippen molar-refractivity contribution in [2.24, 2.45) is 0 Å². The van der Waals surface area contributed by atoms with Crippen LogP contribution in [-0.2, 0) is 9.59 Å². The van der Waals surface area contributed by atoms with Crippen molar-refractivity contribution in [3.05, 3.63) is 155 Å². The van der Waals surface area contributed by atoms with Gasteiger partial charge in [0.1, 0.15) is 23.1 Å². The summed E-state index contributed by atoms with van der Waals surface area (Å²) in [6.45, 7) is 1.59. The minimum absolute atomic E-state index is 0.283. The third kappa shape index (κ3) is 8.11. The number of methoxy groups -OCH3 is 2. The number of carboxylic acid groups (broad SMARTS) is 2. The molecule has 5 aromatic carbocycles. The second kappa shape index (κ2) is 17.1. The van der Waals surface area contributed by atoms with Gasteiger partial charge in [-0.05, 0) is 97.3 Å². The number of hydrogen-bond donors (Lipinski definition) is 2. The summed E-state index contributed by atoms with van der Waals surface area (Å²) in [5.41, 5.74) is 3.40. The maximum atomic E-state index is 13.3. The molecule has 0 aliphatic carbocycles. The Hall–Kier alpha value is -6.13. The molecule has 5 aromatic rings. The Morgan fingerprint density at radius 3 is 1.80 bits per heavy atom. The molecule has 0 bridgehead atoms. The monoisotopic (exact) mass is 774 g/mol. The number of likely N-dealkylation sites (tertiary alicyclic amines) is 2. The number of amides is 2. The van der Waals surface area contributed by atoms with E-state index in [0.717, 1.165) is 22.3 Å². The summed E-state index contributed by atoms with van der Waals surface area (Å²) < 4.78 is 10.4. The molecule has 2 fully saturated rings. The van der Waals surface area contributed by atoms with Crippen LogP contribution in [0.4, 0.5) is 0 Å². The first-order chi connectivity index (χ1) is 27.0. The molecule has 2 saturated heterocycles. The second-order valence-corrected chi connectivity index (χ2v) is 14.3. The lowest BCUT2D eigenvalue weighted by molar-refractivity contribution is -0.148. The van der Waals surface area contributed by atoms with Crippen LogP contribution in [0.15, 0.2) is 127 Å². The number of aliphatic carboxylic acids is 2. The van der Waals surface area contributed by atoms with Crippen molar-refractivity contribution in [1.82, 2.24) is 9.80 Å². The molecule has 56 heavy (non-hydrogen) atoms. The number of carbonyl (C=O) groups excluding carboxylic acids is 2. The molecule has 2 heterocycles. The van der Waals surface area contributed by atoms with Gasteiger partial charge in [-0.25, -0.2) is 9.59 Å². The summed E-state index contributed by atoms with van der Waals surface area (Å²) in [6, 6.07) is 37.4. The van der Waals surface area contributed by atoms with Gasteiger partial charge in [-0.2, -0.15) is 0 Å². The molecule has 2 amide bonds. The number of halogens is 1. The Kier molecular flexibility index (Phi) is 12.1. The van der Waals surface area contributed by atoms with Crippen molar-refractivity contribution in [2.75, 3.05) is 14.2 Å². The van der Waals surface area contributed by atoms with Gasteiger partial charge in [-0.15, -0.1) is 0 Å². The quantitative estimate of drug-likeness (QED) is 0.152. The van der Waals surface area contributed by atoms with E-state index in [1.165, 1.54) is 24.0 Å². The summed E-state index contributed by atoms with van der Waals surface area (Å²) in [4.78, 5) is 53.4. The molecular formula is C45H43ClN2O8. The van der Waals surface area contributed by atoms with Crippen molar-refractivity contribution in [1.29, 1.82) is 0 Å². The Morgan fingerprint density at radius 2 is 1.23 bits per heavy atom. The van der Waals surface area contributed by atoms with Crippen molar-refractivity contribution >= 4 is 35.4 Å². The molecule has 0 saturated carbocycles. The van der Waals surface area contributed by atoms with E-state index >= 15 is 0 Å². The fourth-order valence-electron chi connectivity index (χ4n) is 7.62. The fourth-order valence-corrected chi connectivity index (χ4v) is 7.88. The molecule has 2 N–H and O–H groups in total. The standard InChI is InChI=1S/C25H23NO4.C20H20ClNO4/c1-30-21-9-5-8-20(16-21)24(27)26-22(14-15-23(26)25(28)29)19-12-10-18(11-13-19)17-6-3-2-4-7-17;1-20(19(24)25)11-10-17(15-8-3-4-9-16(15)21)22(20)18(23)13-6-5-7-14(12-13)26-2/h2-13,16,22-23H,14-15H2,1H3,(H,28,29);3-9,12,17H,10-11H2,1-2H3,(H,24,25)/t22?,23-;17-,20+/m01/s1. The Morgan fingerprint density at radius 1 is 0.661 bits per heavy atom. The van der Waals surface area contributed by atoms with E-state index in [-0.39, 0.29) is 17.9 Å². The number of carboxylic acids is 2. The van der Waals surface area contributed by atoms with E-state index in [2.05, 4.69) is 0 Å². The first-order valence-corrected chi connectivity index (χ1v) is 18.6. The Balaban J connectivity index is 0.000000192.